The smallest absolute Gasteiger partial charge is 0.220 e. The lowest BCUT2D eigenvalue weighted by atomic mass is 10.1. The van der Waals surface area contributed by atoms with Gasteiger partial charge >= 0.3 is 0 Å². The van der Waals surface area contributed by atoms with Crippen molar-refractivity contribution in [1.82, 2.24) is 25.5 Å². The quantitative estimate of drug-likeness (QED) is 0.687. The van der Waals surface area contributed by atoms with Crippen molar-refractivity contribution in [2.45, 2.75) is 46.1 Å². The number of unbranched alkanes of at least 4 members (excludes halogenated alkanes) is 1. The lowest BCUT2D eigenvalue weighted by molar-refractivity contribution is -0.121. The molecule has 6 heteroatoms. The zero-order chi connectivity index (χ0) is 12.5. The Labute approximate surface area is 102 Å². The largest absolute Gasteiger partial charge is 0.356 e. The molecule has 0 aliphatic rings. The van der Waals surface area contributed by atoms with E-state index in [-0.39, 0.29) is 5.91 Å². The van der Waals surface area contributed by atoms with Crippen LogP contribution in [0.25, 0.3) is 0 Å². The van der Waals surface area contributed by atoms with Crippen molar-refractivity contribution in [3.05, 3.63) is 6.33 Å². The third kappa shape index (κ3) is 5.99. The van der Waals surface area contributed by atoms with Crippen molar-refractivity contribution in [3.63, 3.8) is 0 Å². The predicted molar refractivity (Wildman–Crippen MR) is 64.1 cm³/mol. The van der Waals surface area contributed by atoms with E-state index in [1.165, 1.54) is 0 Å². The fraction of sp³-hybridized carbons (Fsp3) is 0.818. The number of nitrogens with zero attached hydrogens (tertiary/aromatic N) is 4. The van der Waals surface area contributed by atoms with Crippen LogP contribution >= 0.6 is 0 Å². The van der Waals surface area contributed by atoms with E-state index >= 15 is 0 Å². The van der Waals surface area contributed by atoms with E-state index in [0.29, 0.717) is 12.3 Å². The molecule has 1 aromatic heterocycles. The SMILES string of the molecule is CC[C@@H](C)CC(=O)NCCCCn1cnnn1. The highest BCUT2D eigenvalue weighted by molar-refractivity contribution is 5.76. The van der Waals surface area contributed by atoms with Gasteiger partial charge in [0.2, 0.25) is 5.91 Å². The molecule has 0 fully saturated rings. The normalized spacial score (nSPS) is 12.4. The number of hydrogen-bond acceptors (Lipinski definition) is 4. The second kappa shape index (κ2) is 7.76. The summed E-state index contributed by atoms with van der Waals surface area (Å²) in [4.78, 5) is 11.5. The van der Waals surface area contributed by atoms with E-state index in [4.69, 9.17) is 0 Å². The van der Waals surface area contributed by atoms with Crippen molar-refractivity contribution in [2.75, 3.05) is 6.54 Å². The van der Waals surface area contributed by atoms with Gasteiger partial charge in [0, 0.05) is 19.5 Å². The van der Waals surface area contributed by atoms with Gasteiger partial charge in [0.25, 0.3) is 0 Å². The van der Waals surface area contributed by atoms with Crippen LogP contribution in [0.1, 0.15) is 39.5 Å². The predicted octanol–water partition coefficient (Wildman–Crippen LogP) is 1.01. The Morgan fingerprint density at radius 2 is 2.29 bits per heavy atom. The summed E-state index contributed by atoms with van der Waals surface area (Å²) in [6.07, 6.45) is 5.19. The summed E-state index contributed by atoms with van der Waals surface area (Å²) >= 11 is 0. The van der Waals surface area contributed by atoms with Crippen molar-refractivity contribution >= 4 is 5.91 Å². The molecular formula is C11H21N5O. The van der Waals surface area contributed by atoms with E-state index in [1.807, 2.05) is 0 Å². The first kappa shape index (κ1) is 13.6. The van der Waals surface area contributed by atoms with Crippen LogP contribution in [0.2, 0.25) is 0 Å². The fourth-order valence-corrected chi connectivity index (χ4v) is 1.44. The number of carbonyl (C=O) groups excluding carboxylic acids is 1. The molecule has 0 saturated heterocycles. The standard InChI is InChI=1S/C11H21N5O/c1-3-10(2)8-11(17)12-6-4-5-7-16-9-13-14-15-16/h9-10H,3-8H2,1-2H3,(H,12,17)/t10-/m1/s1. The molecule has 0 unspecified atom stereocenters. The highest BCUT2D eigenvalue weighted by atomic mass is 16.1. The highest BCUT2D eigenvalue weighted by Crippen LogP contribution is 2.05. The van der Waals surface area contributed by atoms with Crippen LogP contribution < -0.4 is 5.32 Å². The van der Waals surface area contributed by atoms with Crippen LogP contribution in [-0.2, 0) is 11.3 Å². The van der Waals surface area contributed by atoms with Crippen molar-refractivity contribution in [3.8, 4) is 0 Å². The molecular weight excluding hydrogens is 218 g/mol. The number of hydrogen-bond donors (Lipinski definition) is 1. The Balaban J connectivity index is 1.98. The van der Waals surface area contributed by atoms with Gasteiger partial charge in [0.15, 0.2) is 0 Å². The summed E-state index contributed by atoms with van der Waals surface area (Å²) in [6.45, 7) is 5.73. The third-order valence-electron chi connectivity index (χ3n) is 2.76. The van der Waals surface area contributed by atoms with Gasteiger partial charge in [0.05, 0.1) is 0 Å². The second-order valence-corrected chi connectivity index (χ2v) is 4.35. The van der Waals surface area contributed by atoms with Gasteiger partial charge in [-0.1, -0.05) is 20.3 Å². The zero-order valence-electron chi connectivity index (χ0n) is 10.6. The molecule has 1 heterocycles. The molecule has 96 valence electrons. The van der Waals surface area contributed by atoms with E-state index in [1.54, 1.807) is 11.0 Å². The van der Waals surface area contributed by atoms with E-state index in [0.717, 1.165) is 32.4 Å². The van der Waals surface area contributed by atoms with Gasteiger partial charge in [-0.2, -0.15) is 0 Å². The first-order valence-corrected chi connectivity index (χ1v) is 6.19. The number of aryl methyl sites for hydroxylation is 1. The van der Waals surface area contributed by atoms with Gasteiger partial charge in [-0.3, -0.25) is 4.79 Å². The second-order valence-electron chi connectivity index (χ2n) is 4.35. The molecule has 0 aromatic carbocycles. The summed E-state index contributed by atoms with van der Waals surface area (Å²) < 4.78 is 1.70. The monoisotopic (exact) mass is 239 g/mol. The van der Waals surface area contributed by atoms with Crippen molar-refractivity contribution < 1.29 is 4.79 Å². The van der Waals surface area contributed by atoms with Crippen LogP contribution in [0.15, 0.2) is 6.33 Å². The summed E-state index contributed by atoms with van der Waals surface area (Å²) in [7, 11) is 0. The molecule has 0 aliphatic carbocycles. The van der Waals surface area contributed by atoms with Gasteiger partial charge in [-0.25, -0.2) is 4.68 Å². The number of amides is 1. The molecule has 0 bridgehead atoms. The number of rotatable bonds is 8. The highest BCUT2D eigenvalue weighted by Gasteiger charge is 2.05. The van der Waals surface area contributed by atoms with Crippen LogP contribution in [0, 0.1) is 5.92 Å². The maximum absolute atomic E-state index is 11.5. The Hall–Kier alpha value is -1.46. The minimum absolute atomic E-state index is 0.154. The lowest BCUT2D eigenvalue weighted by Crippen LogP contribution is -2.26. The molecule has 1 atom stereocenters. The van der Waals surface area contributed by atoms with E-state index in [2.05, 4.69) is 34.7 Å². The molecule has 1 rings (SSSR count). The third-order valence-corrected chi connectivity index (χ3v) is 2.76. The Kier molecular flexibility index (Phi) is 6.21. The molecule has 1 aromatic rings. The van der Waals surface area contributed by atoms with E-state index < -0.39 is 0 Å². The molecule has 0 saturated carbocycles. The summed E-state index contributed by atoms with van der Waals surface area (Å²) in [5.41, 5.74) is 0. The topological polar surface area (TPSA) is 72.7 Å². The maximum Gasteiger partial charge on any atom is 0.220 e. The summed E-state index contributed by atoms with van der Waals surface area (Å²) in [5, 5.41) is 13.8. The molecule has 0 spiro atoms. The van der Waals surface area contributed by atoms with Gasteiger partial charge in [-0.15, -0.1) is 5.10 Å². The Bertz CT molecular complexity index is 312. The minimum Gasteiger partial charge on any atom is -0.356 e. The maximum atomic E-state index is 11.5. The van der Waals surface area contributed by atoms with Gasteiger partial charge in [0.1, 0.15) is 6.33 Å². The molecule has 0 radical (unpaired) electrons. The van der Waals surface area contributed by atoms with Crippen LogP contribution in [0.3, 0.4) is 0 Å². The van der Waals surface area contributed by atoms with Crippen molar-refractivity contribution in [2.24, 2.45) is 5.92 Å². The van der Waals surface area contributed by atoms with Gasteiger partial charge < -0.3 is 5.32 Å². The first-order chi connectivity index (χ1) is 8.22. The first-order valence-electron chi connectivity index (χ1n) is 6.19. The zero-order valence-corrected chi connectivity index (χ0v) is 10.6. The average molecular weight is 239 g/mol. The minimum atomic E-state index is 0.154. The Morgan fingerprint density at radius 3 is 2.94 bits per heavy atom. The van der Waals surface area contributed by atoms with Crippen LogP contribution in [0.5, 0.6) is 0 Å². The molecule has 17 heavy (non-hydrogen) atoms. The molecule has 6 nitrogen and oxygen atoms in total. The number of nitrogens with one attached hydrogen (secondary N) is 1. The summed E-state index contributed by atoms with van der Waals surface area (Å²) in [6, 6.07) is 0. The number of aromatic nitrogens is 4. The molecule has 0 aliphatic heterocycles. The molecule has 1 N–H and O–H groups in total. The lowest BCUT2D eigenvalue weighted by Gasteiger charge is -2.08. The Morgan fingerprint density at radius 1 is 1.47 bits per heavy atom. The van der Waals surface area contributed by atoms with Crippen molar-refractivity contribution in [1.29, 1.82) is 0 Å². The fourth-order valence-electron chi connectivity index (χ4n) is 1.44. The number of carbonyl (C=O) groups is 1. The van der Waals surface area contributed by atoms with Gasteiger partial charge in [-0.05, 0) is 29.2 Å². The molecule has 1 amide bonds. The number of tetrazole rings is 1. The van der Waals surface area contributed by atoms with Crippen LogP contribution in [-0.4, -0.2) is 32.7 Å². The van der Waals surface area contributed by atoms with Crippen LogP contribution in [0.4, 0.5) is 0 Å². The summed E-state index contributed by atoms with van der Waals surface area (Å²) in [5.74, 6) is 0.623. The van der Waals surface area contributed by atoms with E-state index in [9.17, 15) is 4.79 Å². The average Bonchev–Trinajstić information content (AvgIpc) is 2.81.